The molecule has 3 nitrogen and oxygen atoms in total. The minimum absolute atomic E-state index is 0.800. The Kier molecular flexibility index (Phi) is 11.8. The highest BCUT2D eigenvalue weighted by Crippen LogP contribution is 2.29. The fourth-order valence-corrected chi connectivity index (χ4v) is 4.95. The van der Waals surface area contributed by atoms with Crippen LogP contribution in [0, 0.1) is 5.92 Å². The summed E-state index contributed by atoms with van der Waals surface area (Å²) in [6.07, 6.45) is 23.2. The lowest BCUT2D eigenvalue weighted by molar-refractivity contribution is 0.305. The summed E-state index contributed by atoms with van der Waals surface area (Å²) in [5, 5.41) is 0. The van der Waals surface area contributed by atoms with Crippen LogP contribution in [-0.2, 0) is 12.8 Å². The fourth-order valence-electron chi connectivity index (χ4n) is 4.95. The minimum Gasteiger partial charge on any atom is -0.494 e. The summed E-state index contributed by atoms with van der Waals surface area (Å²) in [6, 6.07) is 8.30. The van der Waals surface area contributed by atoms with Crippen LogP contribution in [0.1, 0.15) is 115 Å². The summed E-state index contributed by atoms with van der Waals surface area (Å²) < 4.78 is 5.87. The summed E-state index contributed by atoms with van der Waals surface area (Å²) in [7, 11) is 0. The average Bonchev–Trinajstić information content (AvgIpc) is 2.85. The Labute approximate surface area is 202 Å². The molecule has 0 amide bonds. The van der Waals surface area contributed by atoms with Gasteiger partial charge in [0.05, 0.1) is 6.61 Å². The van der Waals surface area contributed by atoms with Gasteiger partial charge in [0.15, 0.2) is 5.82 Å². The predicted octanol–water partition coefficient (Wildman–Crippen LogP) is 8.74. The third kappa shape index (κ3) is 9.10. The maximum atomic E-state index is 5.87. The second-order valence-electron chi connectivity index (χ2n) is 9.97. The molecule has 182 valence electrons. The van der Waals surface area contributed by atoms with Crippen molar-refractivity contribution in [2.24, 2.45) is 5.92 Å². The van der Waals surface area contributed by atoms with E-state index in [1.54, 1.807) is 0 Å². The molecule has 0 fully saturated rings. The summed E-state index contributed by atoms with van der Waals surface area (Å²) >= 11 is 0. The van der Waals surface area contributed by atoms with Gasteiger partial charge in [-0.25, -0.2) is 9.97 Å². The van der Waals surface area contributed by atoms with Crippen molar-refractivity contribution in [1.82, 2.24) is 9.97 Å². The van der Waals surface area contributed by atoms with Crippen LogP contribution in [0.25, 0.3) is 11.4 Å². The number of aromatic nitrogens is 2. The fraction of sp³-hybridized carbons (Fsp3) is 0.667. The molecule has 1 heterocycles. The van der Waals surface area contributed by atoms with Crippen LogP contribution in [-0.4, -0.2) is 16.6 Å². The molecule has 1 aliphatic carbocycles. The van der Waals surface area contributed by atoms with E-state index in [9.17, 15) is 0 Å². The highest BCUT2D eigenvalue weighted by atomic mass is 16.5. The maximum Gasteiger partial charge on any atom is 0.159 e. The number of aryl methyl sites for hydroxylation is 1. The van der Waals surface area contributed by atoms with Crippen molar-refractivity contribution in [2.75, 3.05) is 6.61 Å². The Bertz CT molecular complexity index is 786. The molecule has 1 unspecified atom stereocenters. The highest BCUT2D eigenvalue weighted by molar-refractivity contribution is 5.56. The first-order valence-electron chi connectivity index (χ1n) is 13.9. The molecular weight excluding hydrogens is 404 g/mol. The molecule has 33 heavy (non-hydrogen) atoms. The Morgan fingerprint density at radius 2 is 1.48 bits per heavy atom. The van der Waals surface area contributed by atoms with Crippen molar-refractivity contribution in [2.45, 2.75) is 117 Å². The summed E-state index contributed by atoms with van der Waals surface area (Å²) in [4.78, 5) is 9.65. The van der Waals surface area contributed by atoms with E-state index in [1.807, 2.05) is 0 Å². The predicted molar refractivity (Wildman–Crippen MR) is 140 cm³/mol. The molecule has 1 aliphatic rings. The van der Waals surface area contributed by atoms with Crippen molar-refractivity contribution in [3.63, 3.8) is 0 Å². The van der Waals surface area contributed by atoms with E-state index in [2.05, 4.69) is 44.3 Å². The molecule has 0 radical (unpaired) electrons. The van der Waals surface area contributed by atoms with E-state index in [-0.39, 0.29) is 0 Å². The molecule has 0 aliphatic heterocycles. The van der Waals surface area contributed by atoms with Crippen LogP contribution in [0.5, 0.6) is 5.75 Å². The van der Waals surface area contributed by atoms with Crippen LogP contribution in [0.3, 0.4) is 0 Å². The Morgan fingerprint density at radius 1 is 0.818 bits per heavy atom. The number of hydrogen-bond donors (Lipinski definition) is 0. The van der Waals surface area contributed by atoms with Gasteiger partial charge < -0.3 is 4.74 Å². The molecule has 1 aromatic heterocycles. The van der Waals surface area contributed by atoms with Gasteiger partial charge in [-0.05, 0) is 61.4 Å². The topological polar surface area (TPSA) is 35.0 Å². The SMILES string of the molecule is CCCCCCCCCCC1CCc2nc(-c3ccc(OCCCCCC)cc3)ncc2C1. The smallest absolute Gasteiger partial charge is 0.159 e. The molecular formula is C30H46N2O. The first-order chi connectivity index (χ1) is 16.3. The van der Waals surface area contributed by atoms with E-state index >= 15 is 0 Å². The highest BCUT2D eigenvalue weighted by Gasteiger charge is 2.20. The van der Waals surface area contributed by atoms with E-state index in [4.69, 9.17) is 14.7 Å². The lowest BCUT2D eigenvalue weighted by Crippen LogP contribution is -2.16. The standard InChI is InChI=1S/C30H46N2O/c1-3-5-7-9-10-11-12-13-15-25-16-21-29-27(23-25)24-31-30(32-29)26-17-19-28(20-18-26)33-22-14-8-6-4-2/h17-20,24-25H,3-16,21-23H2,1-2H3. The molecule has 2 aromatic rings. The third-order valence-corrected chi connectivity index (χ3v) is 7.10. The zero-order chi connectivity index (χ0) is 23.1. The number of benzene rings is 1. The molecule has 0 spiro atoms. The van der Waals surface area contributed by atoms with Crippen LogP contribution in [0.2, 0.25) is 0 Å². The zero-order valence-electron chi connectivity index (χ0n) is 21.3. The Hall–Kier alpha value is -1.90. The lowest BCUT2D eigenvalue weighted by atomic mass is 9.84. The average molecular weight is 451 g/mol. The van der Waals surface area contributed by atoms with Crippen molar-refractivity contribution in [3.8, 4) is 17.1 Å². The van der Waals surface area contributed by atoms with Gasteiger partial charge in [0.25, 0.3) is 0 Å². The van der Waals surface area contributed by atoms with E-state index in [0.717, 1.165) is 48.9 Å². The van der Waals surface area contributed by atoms with Gasteiger partial charge in [-0.15, -0.1) is 0 Å². The van der Waals surface area contributed by atoms with Gasteiger partial charge in [0, 0.05) is 17.5 Å². The van der Waals surface area contributed by atoms with Crippen LogP contribution in [0.15, 0.2) is 30.5 Å². The van der Waals surface area contributed by atoms with E-state index in [0.29, 0.717) is 0 Å². The Morgan fingerprint density at radius 3 is 2.21 bits per heavy atom. The van der Waals surface area contributed by atoms with Crippen molar-refractivity contribution < 1.29 is 4.74 Å². The second-order valence-corrected chi connectivity index (χ2v) is 9.97. The van der Waals surface area contributed by atoms with Gasteiger partial charge in [0.1, 0.15) is 5.75 Å². The second kappa shape index (κ2) is 15.1. The van der Waals surface area contributed by atoms with Gasteiger partial charge in [-0.3, -0.25) is 0 Å². The van der Waals surface area contributed by atoms with Gasteiger partial charge >= 0.3 is 0 Å². The monoisotopic (exact) mass is 450 g/mol. The maximum absolute atomic E-state index is 5.87. The molecule has 1 aromatic carbocycles. The number of ether oxygens (including phenoxy) is 1. The number of fused-ring (bicyclic) bond motifs is 1. The number of rotatable bonds is 16. The molecule has 3 rings (SSSR count). The molecule has 0 N–H and O–H groups in total. The van der Waals surface area contributed by atoms with Crippen molar-refractivity contribution >= 4 is 0 Å². The number of hydrogen-bond acceptors (Lipinski definition) is 3. The molecule has 0 saturated heterocycles. The molecule has 3 heteroatoms. The summed E-state index contributed by atoms with van der Waals surface area (Å²) in [6.45, 7) is 5.32. The largest absolute Gasteiger partial charge is 0.494 e. The van der Waals surface area contributed by atoms with Gasteiger partial charge in [0.2, 0.25) is 0 Å². The van der Waals surface area contributed by atoms with Crippen LogP contribution < -0.4 is 4.74 Å². The van der Waals surface area contributed by atoms with Gasteiger partial charge in [-0.2, -0.15) is 0 Å². The van der Waals surface area contributed by atoms with Crippen molar-refractivity contribution in [1.29, 1.82) is 0 Å². The summed E-state index contributed by atoms with van der Waals surface area (Å²) in [5.74, 6) is 2.61. The van der Waals surface area contributed by atoms with Crippen molar-refractivity contribution in [3.05, 3.63) is 41.7 Å². The summed E-state index contributed by atoms with van der Waals surface area (Å²) in [5.41, 5.74) is 3.72. The molecule has 1 atom stereocenters. The third-order valence-electron chi connectivity index (χ3n) is 7.10. The van der Waals surface area contributed by atoms with E-state index in [1.165, 1.54) is 94.7 Å². The van der Waals surface area contributed by atoms with Gasteiger partial charge in [-0.1, -0.05) is 90.9 Å². The quantitative estimate of drug-likeness (QED) is 0.240. The number of unbranched alkanes of at least 4 members (excludes halogenated alkanes) is 10. The number of nitrogens with zero attached hydrogens (tertiary/aromatic N) is 2. The normalized spacial score (nSPS) is 15.4. The van der Waals surface area contributed by atoms with Crippen LogP contribution in [0.4, 0.5) is 0 Å². The zero-order valence-corrected chi connectivity index (χ0v) is 21.3. The Balaban J connectivity index is 1.40. The molecule has 0 bridgehead atoms. The lowest BCUT2D eigenvalue weighted by Gasteiger charge is -2.24. The molecule has 0 saturated carbocycles. The first kappa shape index (κ1) is 25.7. The first-order valence-corrected chi connectivity index (χ1v) is 13.9. The van der Waals surface area contributed by atoms with Crippen LogP contribution >= 0.6 is 0 Å². The van der Waals surface area contributed by atoms with E-state index < -0.39 is 0 Å². The minimum atomic E-state index is 0.800.